The molecular formula is C9H18N2. The van der Waals surface area contributed by atoms with Gasteiger partial charge in [-0.15, -0.1) is 0 Å². The highest BCUT2D eigenvalue weighted by molar-refractivity contribution is 4.98. The minimum atomic E-state index is 0.532. The first-order chi connectivity index (χ1) is 5.31. The predicted octanol–water partition coefficient (Wildman–Crippen LogP) is 0.880. The Labute approximate surface area is 68.7 Å². The van der Waals surface area contributed by atoms with Crippen molar-refractivity contribution in [2.75, 3.05) is 13.1 Å². The van der Waals surface area contributed by atoms with Gasteiger partial charge in [0, 0.05) is 11.6 Å². The van der Waals surface area contributed by atoms with E-state index in [0.29, 0.717) is 11.6 Å². The molecular weight excluding hydrogens is 136 g/mol. The van der Waals surface area contributed by atoms with Crippen molar-refractivity contribution in [3.05, 3.63) is 0 Å². The zero-order valence-electron chi connectivity index (χ0n) is 7.32. The topological polar surface area (TPSA) is 24.1 Å². The molecule has 2 rings (SSSR count). The van der Waals surface area contributed by atoms with Gasteiger partial charge in [0.1, 0.15) is 0 Å². The first kappa shape index (κ1) is 7.56. The minimum Gasteiger partial charge on any atom is -0.314 e. The summed E-state index contributed by atoms with van der Waals surface area (Å²) in [5.74, 6) is 0. The highest BCUT2D eigenvalue weighted by atomic mass is 15.1. The van der Waals surface area contributed by atoms with Gasteiger partial charge in [-0.3, -0.25) is 0 Å². The summed E-state index contributed by atoms with van der Waals surface area (Å²) in [7, 11) is 0. The molecule has 0 aromatic carbocycles. The normalized spacial score (nSPS) is 45.0. The summed E-state index contributed by atoms with van der Waals surface area (Å²) in [4.78, 5) is 0. The van der Waals surface area contributed by atoms with Gasteiger partial charge in [-0.25, -0.2) is 0 Å². The second kappa shape index (κ2) is 2.76. The molecule has 1 spiro atoms. The van der Waals surface area contributed by atoms with Gasteiger partial charge in [0.25, 0.3) is 0 Å². The monoisotopic (exact) mass is 154 g/mol. The highest BCUT2D eigenvalue weighted by Gasteiger charge is 2.36. The summed E-state index contributed by atoms with van der Waals surface area (Å²) in [5, 5.41) is 7.16. The molecule has 0 saturated carbocycles. The van der Waals surface area contributed by atoms with E-state index in [1.54, 1.807) is 0 Å². The van der Waals surface area contributed by atoms with Crippen LogP contribution in [0.3, 0.4) is 0 Å². The maximum Gasteiger partial charge on any atom is 0.0208 e. The van der Waals surface area contributed by atoms with E-state index in [0.717, 1.165) is 0 Å². The predicted molar refractivity (Wildman–Crippen MR) is 46.7 cm³/mol. The zero-order chi connectivity index (χ0) is 7.73. The van der Waals surface area contributed by atoms with E-state index in [-0.39, 0.29) is 0 Å². The second-order valence-electron chi connectivity index (χ2n) is 4.12. The van der Waals surface area contributed by atoms with Crippen LogP contribution in [0.25, 0.3) is 0 Å². The summed E-state index contributed by atoms with van der Waals surface area (Å²) in [6, 6.07) is 0.717. The van der Waals surface area contributed by atoms with Crippen LogP contribution >= 0.6 is 0 Å². The number of hydrogen-bond acceptors (Lipinski definition) is 2. The Kier molecular flexibility index (Phi) is 1.90. The molecule has 2 unspecified atom stereocenters. The zero-order valence-corrected chi connectivity index (χ0v) is 7.32. The molecule has 2 N–H and O–H groups in total. The average molecular weight is 154 g/mol. The lowest BCUT2D eigenvalue weighted by Gasteiger charge is -2.37. The summed E-state index contributed by atoms with van der Waals surface area (Å²) >= 11 is 0. The number of hydrogen-bond donors (Lipinski definition) is 2. The third-order valence-electron chi connectivity index (χ3n) is 3.13. The van der Waals surface area contributed by atoms with Crippen LogP contribution in [0.2, 0.25) is 0 Å². The van der Waals surface area contributed by atoms with Crippen molar-refractivity contribution in [2.45, 2.75) is 44.2 Å². The van der Waals surface area contributed by atoms with Gasteiger partial charge in [0.2, 0.25) is 0 Å². The second-order valence-corrected chi connectivity index (χ2v) is 4.12. The van der Waals surface area contributed by atoms with E-state index in [2.05, 4.69) is 17.6 Å². The van der Waals surface area contributed by atoms with Gasteiger partial charge in [-0.2, -0.15) is 0 Å². The minimum absolute atomic E-state index is 0.532. The van der Waals surface area contributed by atoms with Gasteiger partial charge in [-0.05, 0) is 45.7 Å². The number of piperidine rings is 1. The molecule has 2 atom stereocenters. The first-order valence-corrected chi connectivity index (χ1v) is 4.79. The van der Waals surface area contributed by atoms with E-state index >= 15 is 0 Å². The summed E-state index contributed by atoms with van der Waals surface area (Å²) in [5.41, 5.74) is 0.532. The van der Waals surface area contributed by atoms with Gasteiger partial charge in [0.15, 0.2) is 0 Å². The van der Waals surface area contributed by atoms with Crippen molar-refractivity contribution in [3.63, 3.8) is 0 Å². The van der Waals surface area contributed by atoms with E-state index in [1.807, 2.05) is 0 Å². The maximum atomic E-state index is 3.66. The summed E-state index contributed by atoms with van der Waals surface area (Å²) < 4.78 is 0. The van der Waals surface area contributed by atoms with Gasteiger partial charge in [0.05, 0.1) is 0 Å². The Balaban J connectivity index is 2.00. The maximum absolute atomic E-state index is 3.66. The van der Waals surface area contributed by atoms with Crippen LogP contribution in [0.5, 0.6) is 0 Å². The van der Waals surface area contributed by atoms with Crippen LogP contribution in [0.1, 0.15) is 32.6 Å². The Morgan fingerprint density at radius 3 is 2.82 bits per heavy atom. The van der Waals surface area contributed by atoms with Gasteiger partial charge >= 0.3 is 0 Å². The Morgan fingerprint density at radius 2 is 2.18 bits per heavy atom. The SMILES string of the molecule is CC1CC2(CCCN2)CCN1. The molecule has 2 aliphatic rings. The van der Waals surface area contributed by atoms with E-state index in [1.165, 1.54) is 38.8 Å². The standard InChI is InChI=1S/C9H18N2/c1-8-7-9(4-6-10-8)3-2-5-11-9/h8,10-11H,2-7H2,1H3. The number of nitrogens with one attached hydrogen (secondary N) is 2. The quantitative estimate of drug-likeness (QED) is 0.541. The first-order valence-electron chi connectivity index (χ1n) is 4.79. The lowest BCUT2D eigenvalue weighted by molar-refractivity contribution is 0.237. The van der Waals surface area contributed by atoms with Gasteiger partial charge in [-0.1, -0.05) is 0 Å². The van der Waals surface area contributed by atoms with Crippen LogP contribution in [-0.2, 0) is 0 Å². The van der Waals surface area contributed by atoms with Gasteiger partial charge < -0.3 is 10.6 Å². The van der Waals surface area contributed by atoms with Crippen molar-refractivity contribution < 1.29 is 0 Å². The smallest absolute Gasteiger partial charge is 0.0208 e. The van der Waals surface area contributed by atoms with E-state index in [9.17, 15) is 0 Å². The van der Waals surface area contributed by atoms with Crippen LogP contribution in [0.15, 0.2) is 0 Å². The molecule has 0 aromatic heterocycles. The average Bonchev–Trinajstić information content (AvgIpc) is 2.37. The Hall–Kier alpha value is -0.0800. The third-order valence-corrected chi connectivity index (χ3v) is 3.13. The van der Waals surface area contributed by atoms with Crippen LogP contribution in [0.4, 0.5) is 0 Å². The lowest BCUT2D eigenvalue weighted by Crippen LogP contribution is -2.52. The Bertz CT molecular complexity index is 138. The molecule has 11 heavy (non-hydrogen) atoms. The molecule has 2 nitrogen and oxygen atoms in total. The fraction of sp³-hybridized carbons (Fsp3) is 1.00. The molecule has 2 fully saturated rings. The van der Waals surface area contributed by atoms with Crippen molar-refractivity contribution in [1.29, 1.82) is 0 Å². The fourth-order valence-electron chi connectivity index (χ4n) is 2.57. The third kappa shape index (κ3) is 1.42. The van der Waals surface area contributed by atoms with E-state index in [4.69, 9.17) is 0 Å². The molecule has 0 bridgehead atoms. The molecule has 0 amide bonds. The molecule has 64 valence electrons. The molecule has 2 heteroatoms. The highest BCUT2D eigenvalue weighted by Crippen LogP contribution is 2.30. The molecule has 0 aromatic rings. The van der Waals surface area contributed by atoms with Crippen LogP contribution < -0.4 is 10.6 Å². The van der Waals surface area contributed by atoms with Crippen molar-refractivity contribution in [2.24, 2.45) is 0 Å². The van der Waals surface area contributed by atoms with Crippen molar-refractivity contribution in [1.82, 2.24) is 10.6 Å². The summed E-state index contributed by atoms with van der Waals surface area (Å²) in [6.45, 7) is 4.74. The molecule has 0 radical (unpaired) electrons. The Morgan fingerprint density at radius 1 is 1.27 bits per heavy atom. The molecule has 2 heterocycles. The number of rotatable bonds is 0. The largest absolute Gasteiger partial charge is 0.314 e. The van der Waals surface area contributed by atoms with Crippen molar-refractivity contribution in [3.8, 4) is 0 Å². The molecule has 0 aliphatic carbocycles. The van der Waals surface area contributed by atoms with Crippen LogP contribution in [0, 0.1) is 0 Å². The molecule has 2 saturated heterocycles. The fourth-order valence-corrected chi connectivity index (χ4v) is 2.57. The molecule has 2 aliphatic heterocycles. The van der Waals surface area contributed by atoms with Crippen LogP contribution in [-0.4, -0.2) is 24.7 Å². The van der Waals surface area contributed by atoms with E-state index < -0.39 is 0 Å². The van der Waals surface area contributed by atoms with Crippen molar-refractivity contribution >= 4 is 0 Å². The summed E-state index contributed by atoms with van der Waals surface area (Å²) in [6.07, 6.45) is 5.44. The lowest BCUT2D eigenvalue weighted by atomic mass is 9.84.